The SMILES string of the molecule is COCC(NC(=O)N1CC(OC)CC1C(=O)O)C(C)C. The van der Waals surface area contributed by atoms with Gasteiger partial charge in [0.25, 0.3) is 0 Å². The number of ether oxygens (including phenoxy) is 2. The van der Waals surface area contributed by atoms with E-state index in [1.54, 1.807) is 7.11 Å². The lowest BCUT2D eigenvalue weighted by Gasteiger charge is -2.27. The fraction of sp³-hybridized carbons (Fsp3) is 0.846. The molecule has 0 bridgehead atoms. The molecule has 0 aromatic carbocycles. The molecule has 2 amide bonds. The van der Waals surface area contributed by atoms with Crippen LogP contribution in [0.25, 0.3) is 0 Å². The Bertz CT molecular complexity index is 348. The number of amides is 2. The van der Waals surface area contributed by atoms with E-state index in [4.69, 9.17) is 9.47 Å². The predicted molar refractivity (Wildman–Crippen MR) is 72.6 cm³/mol. The summed E-state index contributed by atoms with van der Waals surface area (Å²) in [5, 5.41) is 12.0. The first-order valence-corrected chi connectivity index (χ1v) is 6.72. The summed E-state index contributed by atoms with van der Waals surface area (Å²) in [7, 11) is 3.09. The van der Waals surface area contributed by atoms with Crippen molar-refractivity contribution in [1.82, 2.24) is 10.2 Å². The number of methoxy groups -OCH3 is 2. The molecule has 1 rings (SSSR count). The van der Waals surface area contributed by atoms with E-state index in [0.29, 0.717) is 13.0 Å². The summed E-state index contributed by atoms with van der Waals surface area (Å²) in [5.41, 5.74) is 0. The number of rotatable bonds is 6. The number of carboxylic acids is 1. The van der Waals surface area contributed by atoms with E-state index in [1.165, 1.54) is 12.0 Å². The third kappa shape index (κ3) is 4.08. The van der Waals surface area contributed by atoms with Crippen LogP contribution in [0.2, 0.25) is 0 Å². The molecule has 0 saturated carbocycles. The Morgan fingerprint density at radius 3 is 2.50 bits per heavy atom. The van der Waals surface area contributed by atoms with E-state index in [9.17, 15) is 14.7 Å². The standard InChI is InChI=1S/C13H24N2O5/c1-8(2)10(7-19-3)14-13(18)15-6-9(20-4)5-11(15)12(16)17/h8-11H,5-7H2,1-4H3,(H,14,18)(H,16,17). The van der Waals surface area contributed by atoms with Crippen molar-refractivity contribution in [2.24, 2.45) is 5.92 Å². The molecule has 0 radical (unpaired) electrons. The van der Waals surface area contributed by atoms with Crippen molar-refractivity contribution in [1.29, 1.82) is 0 Å². The van der Waals surface area contributed by atoms with Crippen molar-refractivity contribution < 1.29 is 24.2 Å². The zero-order valence-electron chi connectivity index (χ0n) is 12.5. The van der Waals surface area contributed by atoms with Crippen LogP contribution in [-0.4, -0.2) is 67.6 Å². The van der Waals surface area contributed by atoms with Crippen molar-refractivity contribution in [2.75, 3.05) is 27.4 Å². The lowest BCUT2D eigenvalue weighted by Crippen LogP contribution is -2.51. The number of hydrogen-bond donors (Lipinski definition) is 2. The molecule has 1 heterocycles. The molecule has 0 spiro atoms. The highest BCUT2D eigenvalue weighted by atomic mass is 16.5. The van der Waals surface area contributed by atoms with E-state index in [0.717, 1.165) is 0 Å². The molecule has 7 nitrogen and oxygen atoms in total. The monoisotopic (exact) mass is 288 g/mol. The lowest BCUT2D eigenvalue weighted by atomic mass is 10.1. The molecule has 116 valence electrons. The van der Waals surface area contributed by atoms with Gasteiger partial charge in [0.1, 0.15) is 6.04 Å². The van der Waals surface area contributed by atoms with Crippen LogP contribution in [0.3, 0.4) is 0 Å². The minimum absolute atomic E-state index is 0.150. The van der Waals surface area contributed by atoms with Crippen molar-refractivity contribution in [3.63, 3.8) is 0 Å². The summed E-state index contributed by atoms with van der Waals surface area (Å²) in [4.78, 5) is 24.8. The molecule has 0 aliphatic carbocycles. The van der Waals surface area contributed by atoms with Crippen LogP contribution >= 0.6 is 0 Å². The normalized spacial score (nSPS) is 23.9. The average molecular weight is 288 g/mol. The largest absolute Gasteiger partial charge is 0.480 e. The molecule has 3 unspecified atom stereocenters. The number of carbonyl (C=O) groups excluding carboxylic acids is 1. The van der Waals surface area contributed by atoms with Crippen LogP contribution in [0.15, 0.2) is 0 Å². The van der Waals surface area contributed by atoms with E-state index in [2.05, 4.69) is 5.32 Å². The van der Waals surface area contributed by atoms with Gasteiger partial charge in [0.05, 0.1) is 18.8 Å². The van der Waals surface area contributed by atoms with Crippen molar-refractivity contribution >= 4 is 12.0 Å². The number of nitrogens with one attached hydrogen (secondary N) is 1. The molecular weight excluding hydrogens is 264 g/mol. The molecule has 0 aromatic rings. The number of nitrogens with zero attached hydrogens (tertiary/aromatic N) is 1. The smallest absolute Gasteiger partial charge is 0.326 e. The van der Waals surface area contributed by atoms with Crippen molar-refractivity contribution in [2.45, 2.75) is 38.5 Å². The second kappa shape index (κ2) is 7.44. The Morgan fingerprint density at radius 1 is 1.40 bits per heavy atom. The highest BCUT2D eigenvalue weighted by molar-refractivity contribution is 5.83. The van der Waals surface area contributed by atoms with Crippen LogP contribution in [0.4, 0.5) is 4.79 Å². The maximum atomic E-state index is 12.3. The minimum atomic E-state index is -1.01. The van der Waals surface area contributed by atoms with Gasteiger partial charge in [0, 0.05) is 27.2 Å². The fourth-order valence-electron chi connectivity index (χ4n) is 2.25. The molecule has 7 heteroatoms. The van der Waals surface area contributed by atoms with Crippen LogP contribution in [0, 0.1) is 5.92 Å². The Kier molecular flexibility index (Phi) is 6.22. The molecule has 2 N–H and O–H groups in total. The molecule has 1 saturated heterocycles. The number of carbonyl (C=O) groups is 2. The Labute approximate surface area is 119 Å². The third-order valence-corrected chi connectivity index (χ3v) is 3.60. The van der Waals surface area contributed by atoms with Gasteiger partial charge < -0.3 is 24.8 Å². The van der Waals surface area contributed by atoms with Gasteiger partial charge in [-0.05, 0) is 5.92 Å². The second-order valence-corrected chi connectivity index (χ2v) is 5.36. The van der Waals surface area contributed by atoms with Gasteiger partial charge in [-0.25, -0.2) is 9.59 Å². The minimum Gasteiger partial charge on any atom is -0.480 e. The highest BCUT2D eigenvalue weighted by Crippen LogP contribution is 2.20. The third-order valence-electron chi connectivity index (χ3n) is 3.60. The molecular formula is C13H24N2O5. The van der Waals surface area contributed by atoms with Gasteiger partial charge in [-0.3, -0.25) is 0 Å². The van der Waals surface area contributed by atoms with E-state index in [-0.39, 0.29) is 30.6 Å². The van der Waals surface area contributed by atoms with Gasteiger partial charge in [-0.2, -0.15) is 0 Å². The molecule has 1 aliphatic heterocycles. The number of urea groups is 1. The van der Waals surface area contributed by atoms with Gasteiger partial charge in [-0.1, -0.05) is 13.8 Å². The lowest BCUT2D eigenvalue weighted by molar-refractivity contribution is -0.141. The first kappa shape index (κ1) is 16.7. The summed E-state index contributed by atoms with van der Waals surface area (Å²) in [6.45, 7) is 4.63. The van der Waals surface area contributed by atoms with Crippen LogP contribution in [-0.2, 0) is 14.3 Å². The molecule has 3 atom stereocenters. The maximum absolute atomic E-state index is 12.3. The highest BCUT2D eigenvalue weighted by Gasteiger charge is 2.40. The van der Waals surface area contributed by atoms with E-state index < -0.39 is 12.0 Å². The predicted octanol–water partition coefficient (Wildman–Crippen LogP) is 0.541. The number of likely N-dealkylation sites (tertiary alicyclic amines) is 1. The first-order valence-electron chi connectivity index (χ1n) is 6.72. The maximum Gasteiger partial charge on any atom is 0.326 e. The zero-order valence-corrected chi connectivity index (χ0v) is 12.5. The van der Waals surface area contributed by atoms with Crippen molar-refractivity contribution in [3.8, 4) is 0 Å². The molecule has 20 heavy (non-hydrogen) atoms. The molecule has 1 fully saturated rings. The summed E-state index contributed by atoms with van der Waals surface area (Å²) < 4.78 is 10.2. The van der Waals surface area contributed by atoms with Crippen molar-refractivity contribution in [3.05, 3.63) is 0 Å². The number of hydrogen-bond acceptors (Lipinski definition) is 4. The quantitative estimate of drug-likeness (QED) is 0.745. The summed E-state index contributed by atoms with van der Waals surface area (Å²) >= 11 is 0. The Hall–Kier alpha value is -1.34. The average Bonchev–Trinajstić information content (AvgIpc) is 2.82. The Balaban J connectivity index is 2.71. The first-order chi connectivity index (χ1) is 9.40. The van der Waals surface area contributed by atoms with Crippen LogP contribution in [0.5, 0.6) is 0 Å². The zero-order chi connectivity index (χ0) is 15.3. The number of aliphatic carboxylic acids is 1. The summed E-state index contributed by atoms with van der Waals surface area (Å²) in [5.74, 6) is -0.810. The Morgan fingerprint density at radius 2 is 2.05 bits per heavy atom. The van der Waals surface area contributed by atoms with Crippen LogP contribution in [0.1, 0.15) is 20.3 Å². The van der Waals surface area contributed by atoms with Gasteiger partial charge in [-0.15, -0.1) is 0 Å². The van der Waals surface area contributed by atoms with Gasteiger partial charge in [0.15, 0.2) is 0 Å². The van der Waals surface area contributed by atoms with E-state index >= 15 is 0 Å². The fourth-order valence-corrected chi connectivity index (χ4v) is 2.25. The molecule has 0 aromatic heterocycles. The second-order valence-electron chi connectivity index (χ2n) is 5.36. The number of carboxylic acid groups (broad SMARTS) is 1. The topological polar surface area (TPSA) is 88.1 Å². The van der Waals surface area contributed by atoms with Gasteiger partial charge >= 0.3 is 12.0 Å². The molecule has 1 aliphatic rings. The van der Waals surface area contributed by atoms with E-state index in [1.807, 2.05) is 13.8 Å². The van der Waals surface area contributed by atoms with Crippen LogP contribution < -0.4 is 5.32 Å². The summed E-state index contributed by atoms with van der Waals surface area (Å²) in [6.07, 6.45) is 0.0809. The summed E-state index contributed by atoms with van der Waals surface area (Å²) in [6, 6.07) is -1.37. The van der Waals surface area contributed by atoms with Gasteiger partial charge in [0.2, 0.25) is 0 Å².